The Balaban J connectivity index is 1.61. The maximum absolute atomic E-state index is 14.2. The van der Waals surface area contributed by atoms with Gasteiger partial charge in [0.1, 0.15) is 16.5 Å². The van der Waals surface area contributed by atoms with E-state index in [2.05, 4.69) is 10.6 Å². The Hall–Kier alpha value is -3.59. The minimum absolute atomic E-state index is 0.00947. The van der Waals surface area contributed by atoms with Crippen LogP contribution in [0.2, 0.25) is 0 Å². The van der Waals surface area contributed by atoms with Crippen molar-refractivity contribution >= 4 is 34.0 Å². The third kappa shape index (κ3) is 4.95. The van der Waals surface area contributed by atoms with Crippen LogP contribution in [0.3, 0.4) is 0 Å². The maximum atomic E-state index is 14.2. The molecule has 1 atom stereocenters. The molecular weight excluding hydrogens is 516 g/mol. The summed E-state index contributed by atoms with van der Waals surface area (Å²) in [4.78, 5) is 41.7. The molecule has 0 fully saturated rings. The van der Waals surface area contributed by atoms with Crippen LogP contribution in [-0.2, 0) is 27.2 Å². The van der Waals surface area contributed by atoms with Crippen molar-refractivity contribution in [1.29, 1.82) is 0 Å². The zero-order chi connectivity index (χ0) is 27.7. The van der Waals surface area contributed by atoms with Gasteiger partial charge >= 0.3 is 5.97 Å². The normalized spacial score (nSPS) is 18.7. The summed E-state index contributed by atoms with van der Waals surface area (Å²) < 4.78 is 16.6. The molecule has 1 amide bonds. The van der Waals surface area contributed by atoms with Crippen molar-refractivity contribution < 1.29 is 28.6 Å². The Morgan fingerprint density at radius 2 is 1.87 bits per heavy atom. The number of hydrogen-bond acceptors (Lipinski definition) is 8. The minimum atomic E-state index is -0.653. The van der Waals surface area contributed by atoms with Crippen molar-refractivity contribution in [2.24, 2.45) is 0 Å². The standard InChI is InChI=1S/C30H34N2O6S/c1-5-38-30(35)26-18-9-6-7-12-23(18)39-29(26)32-28(34)24-16(2)31-20-10-8-11-21(33)27(20)25(24)19-15-17(36-3)13-14-22(19)37-4/h13-15,25,31H,5-12H2,1-4H3,(H,32,34). The summed E-state index contributed by atoms with van der Waals surface area (Å²) in [6, 6.07) is 5.41. The number of Topliss-reactive ketones (excluding diaryl/α,β-unsaturated/α-hetero) is 1. The van der Waals surface area contributed by atoms with Crippen LogP contribution < -0.4 is 20.1 Å². The second-order valence-electron chi connectivity index (χ2n) is 9.96. The number of methoxy groups -OCH3 is 2. The van der Waals surface area contributed by atoms with E-state index in [1.165, 1.54) is 11.3 Å². The molecule has 9 heteroatoms. The number of nitrogens with one attached hydrogen (secondary N) is 2. The molecular formula is C30H34N2O6S. The lowest BCUT2D eigenvalue weighted by Gasteiger charge is -2.35. The Morgan fingerprint density at radius 3 is 2.62 bits per heavy atom. The highest BCUT2D eigenvalue weighted by atomic mass is 32.1. The molecule has 1 aromatic carbocycles. The zero-order valence-electron chi connectivity index (χ0n) is 22.8. The van der Waals surface area contributed by atoms with Crippen LogP contribution in [0.25, 0.3) is 0 Å². The number of ketones is 1. The number of amides is 1. The minimum Gasteiger partial charge on any atom is -0.497 e. The Morgan fingerprint density at radius 1 is 1.08 bits per heavy atom. The molecule has 206 valence electrons. The molecule has 0 radical (unpaired) electrons. The van der Waals surface area contributed by atoms with Crippen LogP contribution in [0.1, 0.15) is 78.2 Å². The summed E-state index contributed by atoms with van der Waals surface area (Å²) in [6.07, 6.45) is 5.60. The van der Waals surface area contributed by atoms with Crippen LogP contribution >= 0.6 is 11.3 Å². The predicted molar refractivity (Wildman–Crippen MR) is 150 cm³/mol. The van der Waals surface area contributed by atoms with Crippen LogP contribution in [-0.4, -0.2) is 38.5 Å². The largest absolute Gasteiger partial charge is 0.497 e. The molecule has 0 bridgehead atoms. The highest BCUT2D eigenvalue weighted by molar-refractivity contribution is 7.17. The van der Waals surface area contributed by atoms with E-state index in [1.807, 2.05) is 13.0 Å². The fourth-order valence-electron chi connectivity index (χ4n) is 5.90. The number of dihydropyridines is 1. The molecule has 8 nitrogen and oxygen atoms in total. The van der Waals surface area contributed by atoms with Gasteiger partial charge in [-0.25, -0.2) is 4.79 Å². The highest BCUT2D eigenvalue weighted by Gasteiger charge is 2.40. The van der Waals surface area contributed by atoms with Crippen LogP contribution in [0.5, 0.6) is 11.5 Å². The first-order chi connectivity index (χ1) is 18.9. The molecule has 0 saturated carbocycles. The van der Waals surface area contributed by atoms with Crippen molar-refractivity contribution in [3.8, 4) is 11.5 Å². The third-order valence-electron chi connectivity index (χ3n) is 7.65. The first-order valence-corrected chi connectivity index (χ1v) is 14.3. The van der Waals surface area contributed by atoms with Gasteiger partial charge in [-0.2, -0.15) is 0 Å². The Kier molecular flexibility index (Phi) is 7.79. The Labute approximate surface area is 232 Å². The van der Waals surface area contributed by atoms with E-state index in [9.17, 15) is 14.4 Å². The first-order valence-electron chi connectivity index (χ1n) is 13.5. The average molecular weight is 551 g/mol. The molecule has 2 aliphatic carbocycles. The third-order valence-corrected chi connectivity index (χ3v) is 8.85. The number of fused-ring (bicyclic) bond motifs is 1. The number of ether oxygens (including phenoxy) is 3. The summed E-state index contributed by atoms with van der Waals surface area (Å²) in [7, 11) is 3.15. The summed E-state index contributed by atoms with van der Waals surface area (Å²) in [6.45, 7) is 3.88. The van der Waals surface area contributed by atoms with Gasteiger partial charge in [-0.3, -0.25) is 9.59 Å². The van der Waals surface area contributed by atoms with Crippen LogP contribution in [0.4, 0.5) is 5.00 Å². The highest BCUT2D eigenvalue weighted by Crippen LogP contribution is 2.47. The summed E-state index contributed by atoms with van der Waals surface area (Å²) in [5.74, 6) is -0.274. The van der Waals surface area contributed by atoms with E-state index in [0.29, 0.717) is 50.9 Å². The number of esters is 1. The van der Waals surface area contributed by atoms with Crippen molar-refractivity contribution in [3.63, 3.8) is 0 Å². The number of anilines is 1. The quantitative estimate of drug-likeness (QED) is 0.443. The monoisotopic (exact) mass is 550 g/mol. The van der Waals surface area contributed by atoms with E-state index < -0.39 is 11.9 Å². The lowest BCUT2D eigenvalue weighted by Crippen LogP contribution is -2.35. The number of benzene rings is 1. The van der Waals surface area contributed by atoms with Gasteiger partial charge in [0, 0.05) is 39.4 Å². The number of carbonyl (C=O) groups is 3. The lowest BCUT2D eigenvalue weighted by atomic mass is 9.74. The molecule has 1 unspecified atom stereocenters. The molecule has 2 N–H and O–H groups in total. The van der Waals surface area contributed by atoms with E-state index >= 15 is 0 Å². The van der Waals surface area contributed by atoms with Gasteiger partial charge < -0.3 is 24.8 Å². The Bertz CT molecular complexity index is 1400. The molecule has 3 aliphatic rings. The second-order valence-corrected chi connectivity index (χ2v) is 11.1. The van der Waals surface area contributed by atoms with Crippen molar-refractivity contribution in [1.82, 2.24) is 5.32 Å². The molecule has 2 aromatic rings. The summed E-state index contributed by atoms with van der Waals surface area (Å²) in [5.41, 5.74) is 4.61. The average Bonchev–Trinajstić information content (AvgIpc) is 3.29. The fourth-order valence-corrected chi connectivity index (χ4v) is 7.18. The van der Waals surface area contributed by atoms with Crippen molar-refractivity contribution in [2.75, 3.05) is 26.1 Å². The van der Waals surface area contributed by atoms with Crippen molar-refractivity contribution in [2.45, 2.75) is 64.7 Å². The summed E-state index contributed by atoms with van der Waals surface area (Å²) in [5, 5.41) is 6.91. The molecule has 2 heterocycles. The van der Waals surface area contributed by atoms with E-state index in [0.717, 1.165) is 54.7 Å². The summed E-state index contributed by atoms with van der Waals surface area (Å²) >= 11 is 1.44. The molecule has 0 saturated heterocycles. The number of hydrogen-bond donors (Lipinski definition) is 2. The van der Waals surface area contributed by atoms with Crippen LogP contribution in [0, 0.1) is 0 Å². The molecule has 1 aliphatic heterocycles. The smallest absolute Gasteiger partial charge is 0.341 e. The lowest BCUT2D eigenvalue weighted by molar-refractivity contribution is -0.116. The van der Waals surface area contributed by atoms with Gasteiger partial charge in [-0.05, 0) is 76.1 Å². The fraction of sp³-hybridized carbons (Fsp3) is 0.433. The molecule has 0 spiro atoms. The van der Waals surface area contributed by atoms with Crippen LogP contribution in [0.15, 0.2) is 40.7 Å². The number of thiophene rings is 1. The van der Waals surface area contributed by atoms with Gasteiger partial charge in [0.2, 0.25) is 0 Å². The van der Waals surface area contributed by atoms with E-state index in [4.69, 9.17) is 14.2 Å². The number of aryl methyl sites for hydroxylation is 1. The zero-order valence-corrected chi connectivity index (χ0v) is 23.6. The number of carbonyl (C=O) groups excluding carboxylic acids is 3. The maximum Gasteiger partial charge on any atom is 0.341 e. The van der Waals surface area contributed by atoms with Gasteiger partial charge in [0.15, 0.2) is 5.78 Å². The molecule has 1 aromatic heterocycles. The van der Waals surface area contributed by atoms with E-state index in [1.54, 1.807) is 33.3 Å². The predicted octanol–water partition coefficient (Wildman–Crippen LogP) is 5.43. The van der Waals surface area contributed by atoms with Gasteiger partial charge in [-0.15, -0.1) is 11.3 Å². The van der Waals surface area contributed by atoms with E-state index in [-0.39, 0.29) is 18.3 Å². The second kappa shape index (κ2) is 11.3. The number of rotatable bonds is 7. The molecule has 5 rings (SSSR count). The molecule has 39 heavy (non-hydrogen) atoms. The van der Waals surface area contributed by atoms with Gasteiger partial charge in [0.25, 0.3) is 5.91 Å². The first kappa shape index (κ1) is 27.0. The van der Waals surface area contributed by atoms with Gasteiger partial charge in [-0.1, -0.05) is 0 Å². The topological polar surface area (TPSA) is 103 Å². The number of allylic oxidation sites excluding steroid dienone is 3. The van der Waals surface area contributed by atoms with Crippen molar-refractivity contribution in [3.05, 3.63) is 62.3 Å². The van der Waals surface area contributed by atoms with Gasteiger partial charge in [0.05, 0.1) is 32.3 Å². The SMILES string of the molecule is CCOC(=O)c1c(NC(=O)C2=C(C)NC3=C(C(=O)CCC3)C2c2cc(OC)ccc2OC)sc2c1CCCC2.